The number of hydrogen-bond donors (Lipinski definition) is 1. The van der Waals surface area contributed by atoms with Crippen molar-refractivity contribution in [2.75, 3.05) is 46.6 Å². The summed E-state index contributed by atoms with van der Waals surface area (Å²) in [7, 11) is 1.62. The van der Waals surface area contributed by atoms with Gasteiger partial charge in [-0.05, 0) is 5.56 Å². The molecule has 20 heavy (non-hydrogen) atoms. The summed E-state index contributed by atoms with van der Waals surface area (Å²) in [6, 6.07) is 10.2. The van der Waals surface area contributed by atoms with Gasteiger partial charge in [0.2, 0.25) is 5.91 Å². The molecule has 5 nitrogen and oxygen atoms in total. The summed E-state index contributed by atoms with van der Waals surface area (Å²) in [6.45, 7) is 3.40. The molecule has 1 aromatic rings. The third-order valence-corrected chi connectivity index (χ3v) is 3.41. The lowest BCUT2D eigenvalue weighted by atomic mass is 10.0. The molecule has 1 unspecified atom stereocenters. The van der Waals surface area contributed by atoms with Gasteiger partial charge in [-0.1, -0.05) is 30.3 Å². The van der Waals surface area contributed by atoms with Crippen molar-refractivity contribution in [1.82, 2.24) is 10.2 Å². The summed E-state index contributed by atoms with van der Waals surface area (Å²) in [5, 5.41) is 3.34. The first-order chi connectivity index (χ1) is 9.83. The predicted molar refractivity (Wildman–Crippen MR) is 76.5 cm³/mol. The zero-order valence-electron chi connectivity index (χ0n) is 11.9. The van der Waals surface area contributed by atoms with E-state index in [0.29, 0.717) is 19.8 Å². The lowest BCUT2D eigenvalue weighted by Crippen LogP contribution is -2.49. The van der Waals surface area contributed by atoms with Crippen molar-refractivity contribution in [3.63, 3.8) is 0 Å². The van der Waals surface area contributed by atoms with E-state index in [1.54, 1.807) is 7.11 Å². The molecule has 1 saturated heterocycles. The van der Waals surface area contributed by atoms with Crippen LogP contribution < -0.4 is 5.32 Å². The summed E-state index contributed by atoms with van der Waals surface area (Å²) in [4.78, 5) is 14.2. The molecular formula is C15H22N2O3. The molecule has 1 aromatic carbocycles. The van der Waals surface area contributed by atoms with E-state index in [0.717, 1.165) is 18.7 Å². The Balaban J connectivity index is 1.94. The standard InChI is InChI=1S/C15H22N2O3/c1-19-9-10-20-12-15(18)17-8-7-16-11-14(17)13-5-3-2-4-6-13/h2-6,14,16H,7-12H2,1H3. The first kappa shape index (κ1) is 15.0. The maximum Gasteiger partial charge on any atom is 0.249 e. The third-order valence-electron chi connectivity index (χ3n) is 3.41. The minimum atomic E-state index is 0.0384. The van der Waals surface area contributed by atoms with Crippen molar-refractivity contribution < 1.29 is 14.3 Å². The first-order valence-electron chi connectivity index (χ1n) is 6.94. The van der Waals surface area contributed by atoms with Crippen LogP contribution in [0.4, 0.5) is 0 Å². The van der Waals surface area contributed by atoms with Crippen molar-refractivity contribution in [3.05, 3.63) is 35.9 Å². The summed E-state index contributed by atoms with van der Waals surface area (Å²) in [6.07, 6.45) is 0. The van der Waals surface area contributed by atoms with Crippen molar-refractivity contribution in [3.8, 4) is 0 Å². The van der Waals surface area contributed by atoms with Gasteiger partial charge < -0.3 is 19.7 Å². The molecule has 0 aliphatic carbocycles. The summed E-state index contributed by atoms with van der Waals surface area (Å²) in [5.41, 5.74) is 1.16. The van der Waals surface area contributed by atoms with Gasteiger partial charge in [-0.3, -0.25) is 4.79 Å². The Morgan fingerprint density at radius 2 is 2.15 bits per heavy atom. The molecule has 1 amide bonds. The van der Waals surface area contributed by atoms with Gasteiger partial charge in [0.05, 0.1) is 19.3 Å². The number of carbonyl (C=O) groups excluding carboxylic acids is 1. The average Bonchev–Trinajstić information content (AvgIpc) is 2.52. The smallest absolute Gasteiger partial charge is 0.249 e. The van der Waals surface area contributed by atoms with Gasteiger partial charge in [0, 0.05) is 26.7 Å². The zero-order chi connectivity index (χ0) is 14.2. The lowest BCUT2D eigenvalue weighted by molar-refractivity contribution is -0.140. The van der Waals surface area contributed by atoms with Crippen LogP contribution in [0.2, 0.25) is 0 Å². The van der Waals surface area contributed by atoms with E-state index in [2.05, 4.69) is 17.4 Å². The van der Waals surface area contributed by atoms with Crippen molar-refractivity contribution in [1.29, 1.82) is 0 Å². The van der Waals surface area contributed by atoms with E-state index in [1.807, 2.05) is 23.1 Å². The molecule has 1 atom stereocenters. The first-order valence-corrected chi connectivity index (χ1v) is 6.94. The van der Waals surface area contributed by atoms with E-state index in [4.69, 9.17) is 9.47 Å². The van der Waals surface area contributed by atoms with Gasteiger partial charge >= 0.3 is 0 Å². The Morgan fingerprint density at radius 3 is 2.90 bits per heavy atom. The SMILES string of the molecule is COCCOCC(=O)N1CCNCC1c1ccccc1. The lowest BCUT2D eigenvalue weighted by Gasteiger charge is -2.36. The van der Waals surface area contributed by atoms with E-state index in [9.17, 15) is 4.79 Å². The van der Waals surface area contributed by atoms with Gasteiger partial charge in [-0.15, -0.1) is 0 Å². The second-order valence-corrected chi connectivity index (χ2v) is 4.76. The van der Waals surface area contributed by atoms with Crippen LogP contribution in [0, 0.1) is 0 Å². The molecular weight excluding hydrogens is 256 g/mol. The van der Waals surface area contributed by atoms with E-state index >= 15 is 0 Å². The van der Waals surface area contributed by atoms with Crippen LogP contribution in [0.25, 0.3) is 0 Å². The molecule has 0 radical (unpaired) electrons. The van der Waals surface area contributed by atoms with Gasteiger partial charge in [-0.2, -0.15) is 0 Å². The van der Waals surface area contributed by atoms with Crippen molar-refractivity contribution in [2.45, 2.75) is 6.04 Å². The van der Waals surface area contributed by atoms with Crippen molar-refractivity contribution in [2.24, 2.45) is 0 Å². The van der Waals surface area contributed by atoms with Crippen LogP contribution in [0.5, 0.6) is 0 Å². The number of piperazine rings is 1. The number of benzene rings is 1. The average molecular weight is 278 g/mol. The molecule has 110 valence electrons. The maximum atomic E-state index is 12.3. The Kier molecular flexibility index (Phi) is 5.98. The topological polar surface area (TPSA) is 50.8 Å². The highest BCUT2D eigenvalue weighted by atomic mass is 16.5. The summed E-state index contributed by atoms with van der Waals surface area (Å²) in [5.74, 6) is 0.0384. The van der Waals surface area contributed by atoms with E-state index < -0.39 is 0 Å². The Morgan fingerprint density at radius 1 is 1.35 bits per heavy atom. The molecule has 1 fully saturated rings. The molecule has 0 bridgehead atoms. The fraction of sp³-hybridized carbons (Fsp3) is 0.533. The summed E-state index contributed by atoms with van der Waals surface area (Å²) >= 11 is 0. The van der Waals surface area contributed by atoms with Gasteiger partial charge in [0.25, 0.3) is 0 Å². The van der Waals surface area contributed by atoms with Crippen LogP contribution in [-0.4, -0.2) is 57.4 Å². The van der Waals surface area contributed by atoms with E-state index in [1.165, 1.54) is 0 Å². The Hall–Kier alpha value is -1.43. The fourth-order valence-corrected chi connectivity index (χ4v) is 2.36. The molecule has 1 aliphatic rings. The van der Waals surface area contributed by atoms with Gasteiger partial charge in [0.15, 0.2) is 0 Å². The van der Waals surface area contributed by atoms with Crippen LogP contribution in [0.15, 0.2) is 30.3 Å². The number of ether oxygens (including phenoxy) is 2. The van der Waals surface area contributed by atoms with Crippen LogP contribution in [0.3, 0.4) is 0 Å². The second kappa shape index (κ2) is 7.99. The molecule has 0 aromatic heterocycles. The number of amides is 1. The highest BCUT2D eigenvalue weighted by Crippen LogP contribution is 2.21. The van der Waals surface area contributed by atoms with Crippen LogP contribution in [-0.2, 0) is 14.3 Å². The molecule has 5 heteroatoms. The Bertz CT molecular complexity index is 411. The minimum Gasteiger partial charge on any atom is -0.382 e. The molecule has 1 N–H and O–H groups in total. The predicted octanol–water partition coefficient (Wildman–Crippen LogP) is 0.823. The van der Waals surface area contributed by atoms with Crippen LogP contribution in [0.1, 0.15) is 11.6 Å². The second-order valence-electron chi connectivity index (χ2n) is 4.76. The number of rotatable bonds is 6. The van der Waals surface area contributed by atoms with Gasteiger partial charge in [-0.25, -0.2) is 0 Å². The number of nitrogens with zero attached hydrogens (tertiary/aromatic N) is 1. The molecule has 1 aliphatic heterocycles. The number of carbonyl (C=O) groups is 1. The number of nitrogens with one attached hydrogen (secondary N) is 1. The minimum absolute atomic E-state index is 0.0384. The third kappa shape index (κ3) is 4.03. The molecule has 0 saturated carbocycles. The molecule has 1 heterocycles. The normalized spacial score (nSPS) is 19.1. The molecule has 0 spiro atoms. The zero-order valence-corrected chi connectivity index (χ0v) is 11.9. The van der Waals surface area contributed by atoms with Gasteiger partial charge in [0.1, 0.15) is 6.61 Å². The quantitative estimate of drug-likeness (QED) is 0.783. The highest BCUT2D eigenvalue weighted by Gasteiger charge is 2.27. The number of methoxy groups -OCH3 is 1. The van der Waals surface area contributed by atoms with E-state index in [-0.39, 0.29) is 18.6 Å². The fourth-order valence-electron chi connectivity index (χ4n) is 2.36. The summed E-state index contributed by atoms with van der Waals surface area (Å²) < 4.78 is 10.2. The van der Waals surface area contributed by atoms with Crippen LogP contribution >= 0.6 is 0 Å². The number of hydrogen-bond acceptors (Lipinski definition) is 4. The highest BCUT2D eigenvalue weighted by molar-refractivity contribution is 5.78. The monoisotopic (exact) mass is 278 g/mol. The largest absolute Gasteiger partial charge is 0.382 e. The Labute approximate surface area is 119 Å². The van der Waals surface area contributed by atoms with Crippen molar-refractivity contribution >= 4 is 5.91 Å². The maximum absolute atomic E-state index is 12.3. The molecule has 2 rings (SSSR count).